The molecule has 1 aromatic carbocycles. The van der Waals surface area contributed by atoms with Crippen LogP contribution < -0.4 is 9.47 Å². The Morgan fingerprint density at radius 3 is 2.37 bits per heavy atom. The monoisotopic (exact) mass is 405 g/mol. The third-order valence-electron chi connectivity index (χ3n) is 3.95. The van der Waals surface area contributed by atoms with Gasteiger partial charge in [-0.2, -0.15) is 12.6 Å². The lowest BCUT2D eigenvalue weighted by Crippen LogP contribution is -2.05. The molecule has 2 aliphatic rings. The molecule has 2 aliphatic carbocycles. The molecule has 6 nitrogen and oxygen atoms in total. The number of rotatable bonds is 5. The molecule has 0 bridgehead atoms. The van der Waals surface area contributed by atoms with E-state index >= 15 is 0 Å². The first kappa shape index (κ1) is 19.1. The first-order chi connectivity index (χ1) is 12.9. The van der Waals surface area contributed by atoms with E-state index in [1.807, 2.05) is 12.1 Å². The number of hydrogen-bond donors (Lipinski definition) is 2. The third-order valence-corrected chi connectivity index (χ3v) is 4.70. The predicted octanol–water partition coefficient (Wildman–Crippen LogP) is 4.35. The summed E-state index contributed by atoms with van der Waals surface area (Å²) in [4.78, 5) is 14.9. The number of carboxylic acids is 1. The van der Waals surface area contributed by atoms with Crippen molar-refractivity contribution in [3.8, 4) is 22.8 Å². The quantitative estimate of drug-likeness (QED) is 0.480. The molecule has 0 radical (unpaired) electrons. The molecule has 0 fully saturated rings. The van der Waals surface area contributed by atoms with Gasteiger partial charge in [-0.3, -0.25) is 4.79 Å². The van der Waals surface area contributed by atoms with E-state index in [2.05, 4.69) is 23.7 Å². The number of ether oxygens (including phenoxy) is 2. The van der Waals surface area contributed by atoms with Crippen molar-refractivity contribution in [1.29, 1.82) is 0 Å². The summed E-state index contributed by atoms with van der Waals surface area (Å²) < 4.78 is 15.5. The lowest BCUT2D eigenvalue weighted by Gasteiger charge is -2.08. The summed E-state index contributed by atoms with van der Waals surface area (Å²) in [5, 5.41) is 11.2. The summed E-state index contributed by atoms with van der Waals surface area (Å²) in [5.74, 6) is 0.0625. The van der Waals surface area contributed by atoms with Crippen molar-refractivity contribution >= 4 is 30.2 Å². The molecule has 0 saturated heterocycles. The number of carbonyl (C=O) groups is 1. The van der Waals surface area contributed by atoms with Gasteiger partial charge in [0.2, 0.25) is 5.89 Å². The summed E-state index contributed by atoms with van der Waals surface area (Å²) in [6, 6.07) is 11.3. The number of benzene rings is 2. The number of aliphatic carboxylic acids is 1. The average Bonchev–Trinajstić information content (AvgIpc) is 3.15. The maximum Gasteiger partial charge on any atom is 0.325 e. The average molecular weight is 406 g/mol. The van der Waals surface area contributed by atoms with Gasteiger partial charge in [-0.05, 0) is 29.5 Å². The van der Waals surface area contributed by atoms with Crippen molar-refractivity contribution in [3.63, 3.8) is 0 Å². The molecule has 1 atom stereocenters. The fourth-order valence-electron chi connectivity index (χ4n) is 2.39. The fraction of sp³-hybridized carbons (Fsp3) is 0.158. The first-order valence-corrected chi connectivity index (χ1v) is 8.72. The maximum atomic E-state index is 10.8. The van der Waals surface area contributed by atoms with E-state index in [0.29, 0.717) is 17.2 Å². The van der Waals surface area contributed by atoms with Crippen LogP contribution in [-0.4, -0.2) is 30.3 Å². The summed E-state index contributed by atoms with van der Waals surface area (Å²) >= 11 is 9.51. The SMILES string of the molecule is COc1ccc(-c2coc(C(S)C(=O)O)n2)cc1OC.Clc1cc2ccc1=2. The molecule has 1 N–H and O–H groups in total. The molecule has 0 saturated carbocycles. The molecule has 1 heterocycles. The lowest BCUT2D eigenvalue weighted by atomic mass is 10.1. The van der Waals surface area contributed by atoms with Crippen LogP contribution in [0, 0.1) is 10.4 Å². The molecule has 140 valence electrons. The summed E-state index contributed by atoms with van der Waals surface area (Å²) in [6.45, 7) is 0. The highest BCUT2D eigenvalue weighted by molar-refractivity contribution is 7.81. The van der Waals surface area contributed by atoms with Gasteiger partial charge >= 0.3 is 5.97 Å². The van der Waals surface area contributed by atoms with Gasteiger partial charge in [-0.25, -0.2) is 4.98 Å². The highest BCUT2D eigenvalue weighted by atomic mass is 35.5. The van der Waals surface area contributed by atoms with Crippen molar-refractivity contribution in [1.82, 2.24) is 4.98 Å². The number of nitrogens with zero attached hydrogens (tertiary/aromatic N) is 1. The van der Waals surface area contributed by atoms with Crippen molar-refractivity contribution in [2.75, 3.05) is 14.2 Å². The Labute approximate surface area is 165 Å². The largest absolute Gasteiger partial charge is 0.493 e. The van der Waals surface area contributed by atoms with E-state index in [9.17, 15) is 4.79 Å². The van der Waals surface area contributed by atoms with Gasteiger partial charge in [0.1, 0.15) is 12.0 Å². The van der Waals surface area contributed by atoms with Gasteiger partial charge in [0.15, 0.2) is 16.7 Å². The molecule has 1 aromatic heterocycles. The Balaban J connectivity index is 0.000000246. The van der Waals surface area contributed by atoms with Crippen LogP contribution in [0.2, 0.25) is 5.02 Å². The summed E-state index contributed by atoms with van der Waals surface area (Å²) in [5.41, 5.74) is 1.23. The van der Waals surface area contributed by atoms with Crippen molar-refractivity contribution in [2.24, 2.45) is 0 Å². The van der Waals surface area contributed by atoms with E-state index in [1.54, 1.807) is 25.3 Å². The summed E-state index contributed by atoms with van der Waals surface area (Å²) in [6.07, 6.45) is 1.38. The van der Waals surface area contributed by atoms with Crippen molar-refractivity contribution in [3.05, 3.63) is 64.0 Å². The zero-order valence-electron chi connectivity index (χ0n) is 14.5. The smallest absolute Gasteiger partial charge is 0.325 e. The molecule has 0 spiro atoms. The maximum absolute atomic E-state index is 10.8. The first-order valence-electron chi connectivity index (χ1n) is 7.83. The zero-order valence-corrected chi connectivity index (χ0v) is 16.1. The van der Waals surface area contributed by atoms with Crippen molar-refractivity contribution in [2.45, 2.75) is 5.25 Å². The van der Waals surface area contributed by atoms with Crippen LogP contribution in [0.15, 0.2) is 47.1 Å². The van der Waals surface area contributed by atoms with E-state index in [4.69, 9.17) is 30.6 Å². The molecular weight excluding hydrogens is 390 g/mol. The number of thiol groups is 1. The number of oxazole rings is 1. The molecule has 8 heteroatoms. The minimum atomic E-state index is -1.12. The van der Waals surface area contributed by atoms with E-state index in [0.717, 1.165) is 10.6 Å². The van der Waals surface area contributed by atoms with Crippen LogP contribution in [0.25, 0.3) is 11.3 Å². The van der Waals surface area contributed by atoms with Gasteiger partial charge in [-0.1, -0.05) is 23.7 Å². The molecule has 4 rings (SSSR count). The summed E-state index contributed by atoms with van der Waals surface area (Å²) in [7, 11) is 3.08. The number of hydrogen-bond acceptors (Lipinski definition) is 6. The van der Waals surface area contributed by atoms with Gasteiger partial charge < -0.3 is 19.0 Å². The van der Waals surface area contributed by atoms with Gasteiger partial charge in [0.25, 0.3) is 0 Å². The van der Waals surface area contributed by atoms with Crippen LogP contribution in [0.3, 0.4) is 0 Å². The number of aromatic nitrogens is 1. The molecule has 2 aromatic rings. The van der Waals surface area contributed by atoms with Crippen LogP contribution in [0.5, 0.6) is 11.5 Å². The normalized spacial score (nSPS) is 11.9. The van der Waals surface area contributed by atoms with Crippen LogP contribution in [-0.2, 0) is 4.79 Å². The van der Waals surface area contributed by atoms with Gasteiger partial charge in [0.05, 0.1) is 14.2 Å². The molecule has 0 aliphatic heterocycles. The Bertz CT molecular complexity index is 1080. The molecule has 0 amide bonds. The highest BCUT2D eigenvalue weighted by Crippen LogP contribution is 2.32. The van der Waals surface area contributed by atoms with E-state index in [1.165, 1.54) is 23.8 Å². The van der Waals surface area contributed by atoms with Crippen LogP contribution in [0.4, 0.5) is 0 Å². The minimum absolute atomic E-state index is 0.0330. The number of carboxylic acid groups (broad SMARTS) is 1. The second kappa shape index (κ2) is 7.94. The van der Waals surface area contributed by atoms with Crippen LogP contribution >= 0.6 is 24.2 Å². The Morgan fingerprint density at radius 1 is 1.19 bits per heavy atom. The fourth-order valence-corrected chi connectivity index (χ4v) is 2.80. The number of halogens is 1. The standard InChI is InChI=1S/C13H13NO5S.C6H3Cl/c1-17-9-4-3-7(5-10(9)18-2)8-6-19-12(14-8)11(20)13(15)16;7-6-3-4-1-2-5(4)6/h3-6,11,20H,1-2H3,(H,15,16);1-3H. The van der Waals surface area contributed by atoms with E-state index in [-0.39, 0.29) is 5.89 Å². The zero-order chi connectivity index (χ0) is 19.6. The number of methoxy groups -OCH3 is 2. The topological polar surface area (TPSA) is 81.8 Å². The van der Waals surface area contributed by atoms with Gasteiger partial charge in [0, 0.05) is 15.8 Å². The Morgan fingerprint density at radius 2 is 1.93 bits per heavy atom. The third kappa shape index (κ3) is 3.89. The molecule has 1 unspecified atom stereocenters. The minimum Gasteiger partial charge on any atom is -0.493 e. The molecular formula is C19H16ClNO5S. The van der Waals surface area contributed by atoms with Crippen LogP contribution in [0.1, 0.15) is 11.1 Å². The highest BCUT2D eigenvalue weighted by Gasteiger charge is 2.21. The Kier molecular flexibility index (Phi) is 5.62. The van der Waals surface area contributed by atoms with Gasteiger partial charge in [-0.15, -0.1) is 0 Å². The van der Waals surface area contributed by atoms with Crippen molar-refractivity contribution < 1.29 is 23.8 Å². The second-order valence-corrected chi connectivity index (χ2v) is 6.50. The Hall–Kier alpha value is -2.64. The van der Waals surface area contributed by atoms with E-state index < -0.39 is 11.2 Å². The molecule has 27 heavy (non-hydrogen) atoms. The second-order valence-electron chi connectivity index (χ2n) is 5.58. The lowest BCUT2D eigenvalue weighted by molar-refractivity contribution is -0.136. The predicted molar refractivity (Wildman–Crippen MR) is 104 cm³/mol.